The van der Waals surface area contributed by atoms with E-state index in [-0.39, 0.29) is 12.4 Å². The van der Waals surface area contributed by atoms with Gasteiger partial charge in [-0.05, 0) is 36.9 Å². The molecule has 112 valence electrons. The van der Waals surface area contributed by atoms with Gasteiger partial charge in [-0.25, -0.2) is 4.39 Å². The zero-order chi connectivity index (χ0) is 15.2. The van der Waals surface area contributed by atoms with E-state index in [0.29, 0.717) is 27.9 Å². The molecule has 21 heavy (non-hydrogen) atoms. The Hall–Kier alpha value is -1.29. The summed E-state index contributed by atoms with van der Waals surface area (Å²) < 4.78 is 19.4. The zero-order valence-corrected chi connectivity index (χ0v) is 13.1. The van der Waals surface area contributed by atoms with Crippen molar-refractivity contribution in [2.24, 2.45) is 0 Å². The van der Waals surface area contributed by atoms with Crippen molar-refractivity contribution in [3.8, 4) is 5.75 Å². The van der Waals surface area contributed by atoms with Gasteiger partial charge in [-0.3, -0.25) is 0 Å². The fourth-order valence-electron chi connectivity index (χ4n) is 1.91. The van der Waals surface area contributed by atoms with Gasteiger partial charge >= 0.3 is 0 Å². The summed E-state index contributed by atoms with van der Waals surface area (Å²) in [7, 11) is 0. The molecular weight excluding hydrogens is 312 g/mol. The van der Waals surface area contributed by atoms with Crippen molar-refractivity contribution in [1.82, 2.24) is 5.32 Å². The quantitative estimate of drug-likeness (QED) is 0.821. The van der Waals surface area contributed by atoms with Crippen LogP contribution in [0, 0.1) is 5.82 Å². The molecule has 0 heterocycles. The second-order valence-corrected chi connectivity index (χ2v) is 5.36. The van der Waals surface area contributed by atoms with Crippen molar-refractivity contribution in [3.05, 3.63) is 63.4 Å². The van der Waals surface area contributed by atoms with Crippen LogP contribution in [0.1, 0.15) is 18.1 Å². The molecule has 2 nitrogen and oxygen atoms in total. The molecule has 5 heteroatoms. The topological polar surface area (TPSA) is 21.3 Å². The normalized spacial score (nSPS) is 10.7. The number of rotatable bonds is 6. The van der Waals surface area contributed by atoms with Gasteiger partial charge in [0.25, 0.3) is 0 Å². The van der Waals surface area contributed by atoms with Gasteiger partial charge in [-0.2, -0.15) is 0 Å². The minimum Gasteiger partial charge on any atom is -0.488 e. The molecule has 0 aromatic heterocycles. The summed E-state index contributed by atoms with van der Waals surface area (Å²) >= 11 is 12.1. The van der Waals surface area contributed by atoms with Gasteiger partial charge in [0.2, 0.25) is 0 Å². The Morgan fingerprint density at radius 2 is 2.00 bits per heavy atom. The van der Waals surface area contributed by atoms with E-state index < -0.39 is 0 Å². The van der Waals surface area contributed by atoms with Crippen LogP contribution < -0.4 is 10.1 Å². The molecule has 0 aliphatic carbocycles. The molecule has 2 rings (SSSR count). The molecule has 2 aromatic carbocycles. The maximum absolute atomic E-state index is 13.7. The van der Waals surface area contributed by atoms with Gasteiger partial charge in [0.15, 0.2) is 0 Å². The summed E-state index contributed by atoms with van der Waals surface area (Å²) in [5.74, 6) is 0.303. The summed E-state index contributed by atoms with van der Waals surface area (Å²) in [6.45, 7) is 3.54. The van der Waals surface area contributed by atoms with Gasteiger partial charge in [-0.15, -0.1) is 0 Å². The van der Waals surface area contributed by atoms with Crippen LogP contribution in [-0.2, 0) is 13.2 Å². The highest BCUT2D eigenvalue weighted by atomic mass is 35.5. The van der Waals surface area contributed by atoms with Crippen LogP contribution in [0.3, 0.4) is 0 Å². The lowest BCUT2D eigenvalue weighted by molar-refractivity contribution is 0.296. The van der Waals surface area contributed by atoms with Crippen molar-refractivity contribution in [1.29, 1.82) is 0 Å². The zero-order valence-electron chi connectivity index (χ0n) is 11.6. The molecule has 0 spiro atoms. The number of benzene rings is 2. The standard InChI is InChI=1S/C16H16Cl2FNO/c1-2-20-9-13-14(18)4-3-5-16(13)21-10-11-8-12(17)6-7-15(11)19/h3-8,20H,2,9-10H2,1H3. The van der Waals surface area contributed by atoms with E-state index in [2.05, 4.69) is 5.32 Å². The second kappa shape index (κ2) is 7.64. The molecule has 0 atom stereocenters. The van der Waals surface area contributed by atoms with Crippen LogP contribution in [0.15, 0.2) is 36.4 Å². The first-order valence-corrected chi connectivity index (χ1v) is 7.42. The highest BCUT2D eigenvalue weighted by Crippen LogP contribution is 2.27. The van der Waals surface area contributed by atoms with E-state index in [1.165, 1.54) is 12.1 Å². The van der Waals surface area contributed by atoms with Gasteiger partial charge in [0.05, 0.1) is 0 Å². The lowest BCUT2D eigenvalue weighted by atomic mass is 10.2. The Morgan fingerprint density at radius 1 is 1.19 bits per heavy atom. The van der Waals surface area contributed by atoms with Crippen LogP contribution in [-0.4, -0.2) is 6.54 Å². The molecule has 0 saturated heterocycles. The van der Waals surface area contributed by atoms with Crippen molar-refractivity contribution in [2.45, 2.75) is 20.1 Å². The summed E-state index contributed by atoms with van der Waals surface area (Å²) in [5.41, 5.74) is 1.28. The van der Waals surface area contributed by atoms with E-state index in [1.807, 2.05) is 13.0 Å². The van der Waals surface area contributed by atoms with Gasteiger partial charge < -0.3 is 10.1 Å². The third-order valence-corrected chi connectivity index (χ3v) is 3.61. The summed E-state index contributed by atoms with van der Waals surface area (Å²) in [4.78, 5) is 0. The molecule has 1 N–H and O–H groups in total. The summed E-state index contributed by atoms with van der Waals surface area (Å²) in [5, 5.41) is 4.31. The minimum absolute atomic E-state index is 0.103. The smallest absolute Gasteiger partial charge is 0.129 e. The molecular formula is C16H16Cl2FNO. The highest BCUT2D eigenvalue weighted by Gasteiger charge is 2.10. The molecule has 2 aromatic rings. The predicted octanol–water partition coefficient (Wildman–Crippen LogP) is 4.82. The Balaban J connectivity index is 2.16. The second-order valence-electron chi connectivity index (χ2n) is 4.52. The molecule has 0 amide bonds. The number of halogens is 3. The van der Waals surface area contributed by atoms with Crippen LogP contribution in [0.5, 0.6) is 5.75 Å². The van der Waals surface area contributed by atoms with E-state index in [9.17, 15) is 4.39 Å². The van der Waals surface area contributed by atoms with Crippen molar-refractivity contribution in [2.75, 3.05) is 6.54 Å². The lowest BCUT2D eigenvalue weighted by Crippen LogP contribution is -2.13. The van der Waals surface area contributed by atoms with Crippen molar-refractivity contribution < 1.29 is 9.13 Å². The molecule has 0 aliphatic heterocycles. The average Bonchev–Trinajstić information content (AvgIpc) is 2.47. The van der Waals surface area contributed by atoms with E-state index >= 15 is 0 Å². The Bertz CT molecular complexity index is 619. The predicted molar refractivity (Wildman–Crippen MR) is 84.6 cm³/mol. The van der Waals surface area contributed by atoms with Crippen molar-refractivity contribution in [3.63, 3.8) is 0 Å². The molecule has 0 fully saturated rings. The third-order valence-electron chi connectivity index (χ3n) is 3.02. The summed E-state index contributed by atoms with van der Waals surface area (Å²) in [6, 6.07) is 9.84. The first-order valence-electron chi connectivity index (χ1n) is 6.66. The number of hydrogen-bond donors (Lipinski definition) is 1. The maximum Gasteiger partial charge on any atom is 0.129 e. The highest BCUT2D eigenvalue weighted by molar-refractivity contribution is 6.31. The molecule has 0 saturated carbocycles. The third kappa shape index (κ3) is 4.34. The minimum atomic E-state index is -0.338. The molecule has 0 unspecified atom stereocenters. The van der Waals surface area contributed by atoms with Crippen LogP contribution in [0.4, 0.5) is 4.39 Å². The lowest BCUT2D eigenvalue weighted by Gasteiger charge is -2.14. The van der Waals surface area contributed by atoms with Gasteiger partial charge in [-0.1, -0.05) is 36.2 Å². The van der Waals surface area contributed by atoms with Crippen LogP contribution in [0.2, 0.25) is 10.0 Å². The molecule has 0 radical (unpaired) electrons. The Kier molecular flexibility index (Phi) is 5.85. The number of ether oxygens (including phenoxy) is 1. The number of hydrogen-bond acceptors (Lipinski definition) is 2. The van der Waals surface area contributed by atoms with Gasteiger partial charge in [0, 0.05) is 27.7 Å². The van der Waals surface area contributed by atoms with E-state index in [1.54, 1.807) is 18.2 Å². The first kappa shape index (κ1) is 16.1. The maximum atomic E-state index is 13.7. The first-order chi connectivity index (χ1) is 10.1. The van der Waals surface area contributed by atoms with Crippen molar-refractivity contribution >= 4 is 23.2 Å². The average molecular weight is 328 g/mol. The van der Waals surface area contributed by atoms with E-state index in [0.717, 1.165) is 12.1 Å². The van der Waals surface area contributed by atoms with E-state index in [4.69, 9.17) is 27.9 Å². The fourth-order valence-corrected chi connectivity index (χ4v) is 2.33. The van der Waals surface area contributed by atoms with Crippen LogP contribution >= 0.6 is 23.2 Å². The molecule has 0 aliphatic rings. The van der Waals surface area contributed by atoms with Crippen LogP contribution in [0.25, 0.3) is 0 Å². The SMILES string of the molecule is CCNCc1c(Cl)cccc1OCc1cc(Cl)ccc1F. The fraction of sp³-hybridized carbons (Fsp3) is 0.250. The number of nitrogens with one attached hydrogen (secondary N) is 1. The Morgan fingerprint density at radius 3 is 2.76 bits per heavy atom. The monoisotopic (exact) mass is 327 g/mol. The van der Waals surface area contributed by atoms with Gasteiger partial charge in [0.1, 0.15) is 18.2 Å². The molecule has 0 bridgehead atoms. The summed E-state index contributed by atoms with van der Waals surface area (Å²) in [6.07, 6.45) is 0. The largest absolute Gasteiger partial charge is 0.488 e. The Labute approximate surface area is 133 Å².